The molecule has 8 heteroatoms. The number of ether oxygens (including phenoxy) is 1. The molecule has 0 fully saturated rings. The first kappa shape index (κ1) is 25.7. The molecule has 0 radical (unpaired) electrons. The van der Waals surface area contributed by atoms with Crippen molar-refractivity contribution in [2.45, 2.75) is 40.0 Å². The van der Waals surface area contributed by atoms with Crippen molar-refractivity contribution in [1.82, 2.24) is 10.3 Å². The summed E-state index contributed by atoms with van der Waals surface area (Å²) >= 11 is 11.5. The molecule has 2 N–H and O–H groups in total. The van der Waals surface area contributed by atoms with E-state index in [0.29, 0.717) is 28.3 Å². The molecule has 4 aromatic rings. The summed E-state index contributed by atoms with van der Waals surface area (Å²) in [6.45, 7) is 7.97. The minimum Gasteiger partial charge on any atom is -0.484 e. The molecule has 6 nitrogen and oxygen atoms in total. The van der Waals surface area contributed by atoms with Gasteiger partial charge in [-0.25, -0.2) is 4.98 Å². The van der Waals surface area contributed by atoms with Crippen LogP contribution in [0.1, 0.15) is 42.9 Å². The number of nitrogens with zero attached hydrogens (tertiary/aromatic N) is 1. The van der Waals surface area contributed by atoms with Crippen LogP contribution in [-0.4, -0.2) is 22.6 Å². The van der Waals surface area contributed by atoms with Crippen molar-refractivity contribution in [2.75, 3.05) is 11.9 Å². The smallest absolute Gasteiger partial charge is 0.264 e. The summed E-state index contributed by atoms with van der Waals surface area (Å²) in [6, 6.07) is 17.2. The Morgan fingerprint density at radius 3 is 2.61 bits per heavy atom. The summed E-state index contributed by atoms with van der Waals surface area (Å²) in [5, 5.41) is 6.52. The molecule has 36 heavy (non-hydrogen) atoms. The topological polar surface area (TPSA) is 76.4 Å². The molecule has 1 atom stereocenters. The van der Waals surface area contributed by atoms with Crippen molar-refractivity contribution in [3.05, 3.63) is 76.3 Å². The molecule has 1 heterocycles. The zero-order valence-electron chi connectivity index (χ0n) is 20.6. The maximum atomic E-state index is 12.3. The fourth-order valence-corrected chi connectivity index (χ4v) is 4.14. The molecule has 3 aromatic carbocycles. The Balaban J connectivity index is 1.38. The van der Waals surface area contributed by atoms with Crippen LogP contribution in [0.15, 0.2) is 59.0 Å². The van der Waals surface area contributed by atoms with Crippen LogP contribution in [0.3, 0.4) is 0 Å². The lowest BCUT2D eigenvalue weighted by atomic mass is 9.98. The highest BCUT2D eigenvalue weighted by Gasteiger charge is 2.13. The van der Waals surface area contributed by atoms with Gasteiger partial charge in [0.2, 0.25) is 5.89 Å². The molecule has 0 spiro atoms. The largest absolute Gasteiger partial charge is 0.484 e. The number of amides is 1. The summed E-state index contributed by atoms with van der Waals surface area (Å²) in [7, 11) is 0. The maximum absolute atomic E-state index is 12.3. The molecule has 0 aliphatic carbocycles. The van der Waals surface area contributed by atoms with Gasteiger partial charge >= 0.3 is 0 Å². The van der Waals surface area contributed by atoms with Crippen LogP contribution in [0.25, 0.3) is 22.6 Å². The molecule has 0 aliphatic rings. The van der Waals surface area contributed by atoms with E-state index in [4.69, 9.17) is 33.0 Å². The number of hydrogen-bond donors (Lipinski definition) is 2. The Hall–Kier alpha value is -3.42. The van der Waals surface area contributed by atoms with Crippen LogP contribution >= 0.6 is 23.8 Å². The van der Waals surface area contributed by atoms with E-state index in [9.17, 15) is 4.79 Å². The summed E-state index contributed by atoms with van der Waals surface area (Å²) < 4.78 is 11.6. The van der Waals surface area contributed by atoms with Gasteiger partial charge in [0.1, 0.15) is 11.3 Å². The quantitative estimate of drug-likeness (QED) is 0.251. The average molecular weight is 522 g/mol. The van der Waals surface area contributed by atoms with Gasteiger partial charge in [0.15, 0.2) is 17.3 Å². The lowest BCUT2D eigenvalue weighted by Gasteiger charge is -2.12. The van der Waals surface area contributed by atoms with E-state index in [-0.39, 0.29) is 17.6 Å². The first-order chi connectivity index (χ1) is 17.2. The van der Waals surface area contributed by atoms with Crippen molar-refractivity contribution in [3.8, 4) is 17.2 Å². The van der Waals surface area contributed by atoms with Gasteiger partial charge < -0.3 is 14.5 Å². The number of hydrogen-bond acceptors (Lipinski definition) is 5. The number of carbonyl (C=O) groups excluding carboxylic acids is 1. The molecular weight excluding hydrogens is 494 g/mol. The molecule has 1 aromatic heterocycles. The Morgan fingerprint density at radius 1 is 1.14 bits per heavy atom. The van der Waals surface area contributed by atoms with Gasteiger partial charge in [0, 0.05) is 16.3 Å². The van der Waals surface area contributed by atoms with E-state index >= 15 is 0 Å². The molecule has 186 valence electrons. The second-order valence-electron chi connectivity index (χ2n) is 8.80. The van der Waals surface area contributed by atoms with Crippen LogP contribution in [0.4, 0.5) is 5.69 Å². The first-order valence-corrected chi connectivity index (χ1v) is 12.5. The van der Waals surface area contributed by atoms with Crippen molar-refractivity contribution >= 4 is 51.6 Å². The van der Waals surface area contributed by atoms with Crippen LogP contribution in [0.2, 0.25) is 5.02 Å². The van der Waals surface area contributed by atoms with E-state index in [1.165, 1.54) is 5.56 Å². The molecule has 0 aliphatic heterocycles. The van der Waals surface area contributed by atoms with Crippen LogP contribution in [-0.2, 0) is 4.79 Å². The highest BCUT2D eigenvalue weighted by atomic mass is 35.5. The van der Waals surface area contributed by atoms with Gasteiger partial charge in [0.05, 0.1) is 0 Å². The van der Waals surface area contributed by atoms with Crippen molar-refractivity contribution < 1.29 is 13.9 Å². The van der Waals surface area contributed by atoms with Gasteiger partial charge in [0.25, 0.3) is 5.91 Å². The average Bonchev–Trinajstić information content (AvgIpc) is 3.29. The molecule has 4 rings (SSSR count). The number of aryl methyl sites for hydroxylation is 2. The van der Waals surface area contributed by atoms with Gasteiger partial charge in [-0.3, -0.25) is 10.1 Å². The summed E-state index contributed by atoms with van der Waals surface area (Å²) in [4.78, 5) is 17.0. The van der Waals surface area contributed by atoms with Gasteiger partial charge in [-0.05, 0) is 97.6 Å². The summed E-state index contributed by atoms with van der Waals surface area (Å²) in [5.74, 6) is 1.19. The number of halogens is 1. The molecular formula is C28H28ClN3O3S. The van der Waals surface area contributed by atoms with Crippen LogP contribution in [0.5, 0.6) is 5.75 Å². The Labute approximate surface area is 221 Å². The van der Waals surface area contributed by atoms with E-state index in [2.05, 4.69) is 41.6 Å². The van der Waals surface area contributed by atoms with Crippen LogP contribution < -0.4 is 15.4 Å². The van der Waals surface area contributed by atoms with E-state index in [0.717, 1.165) is 34.2 Å². The zero-order chi connectivity index (χ0) is 25.8. The minimum absolute atomic E-state index is 0.167. The minimum atomic E-state index is -0.370. The number of aromatic nitrogens is 1. The van der Waals surface area contributed by atoms with E-state index < -0.39 is 0 Å². The lowest BCUT2D eigenvalue weighted by Crippen LogP contribution is -2.37. The van der Waals surface area contributed by atoms with Crippen molar-refractivity contribution in [2.24, 2.45) is 0 Å². The summed E-state index contributed by atoms with van der Waals surface area (Å²) in [5.41, 5.74) is 6.08. The number of rotatable bonds is 7. The zero-order valence-corrected chi connectivity index (χ0v) is 22.2. The number of anilines is 1. The number of carbonyl (C=O) groups is 1. The predicted molar refractivity (Wildman–Crippen MR) is 149 cm³/mol. The second kappa shape index (κ2) is 11.1. The number of thiocarbonyl (C=S) groups is 1. The molecule has 0 saturated heterocycles. The summed E-state index contributed by atoms with van der Waals surface area (Å²) in [6.07, 6.45) is 1.06. The highest BCUT2D eigenvalue weighted by molar-refractivity contribution is 7.80. The number of nitrogens with one attached hydrogen (secondary N) is 2. The van der Waals surface area contributed by atoms with E-state index in [1.54, 1.807) is 12.1 Å². The second-order valence-corrected chi connectivity index (χ2v) is 9.58. The van der Waals surface area contributed by atoms with Gasteiger partial charge in [-0.15, -0.1) is 0 Å². The fourth-order valence-electron chi connectivity index (χ4n) is 3.80. The third-order valence-corrected chi connectivity index (χ3v) is 6.79. The third-order valence-electron chi connectivity index (χ3n) is 5.99. The standard InChI is InChI=1S/C28H28ClN3O3S/c1-5-16(2)19-9-10-24-23(14-19)31-27(35-24)20-7-6-8-21(13-20)30-28(36)32-25(33)15-34-22-11-17(3)26(29)18(4)12-22/h6-14,16H,5,15H2,1-4H3,(H2,30,32,33,36)/t16-/m1/s1. The lowest BCUT2D eigenvalue weighted by molar-refractivity contribution is -0.121. The van der Waals surface area contributed by atoms with Crippen LogP contribution in [0, 0.1) is 13.8 Å². The van der Waals surface area contributed by atoms with Crippen molar-refractivity contribution in [3.63, 3.8) is 0 Å². The number of benzene rings is 3. The Kier molecular flexibility index (Phi) is 7.91. The highest BCUT2D eigenvalue weighted by Crippen LogP contribution is 2.29. The van der Waals surface area contributed by atoms with Gasteiger partial charge in [-0.2, -0.15) is 0 Å². The normalized spacial score (nSPS) is 11.8. The number of oxazole rings is 1. The Morgan fingerprint density at radius 2 is 1.89 bits per heavy atom. The van der Waals surface area contributed by atoms with Gasteiger partial charge in [-0.1, -0.05) is 37.6 Å². The van der Waals surface area contributed by atoms with E-state index in [1.807, 2.05) is 44.2 Å². The maximum Gasteiger partial charge on any atom is 0.264 e. The SMILES string of the molecule is CC[C@@H](C)c1ccc2oc(-c3cccc(NC(=S)NC(=O)COc4cc(C)c(Cl)c(C)c4)c3)nc2c1. The van der Waals surface area contributed by atoms with Crippen molar-refractivity contribution in [1.29, 1.82) is 0 Å². The predicted octanol–water partition coefficient (Wildman–Crippen LogP) is 7.17. The Bertz CT molecular complexity index is 1410. The molecule has 0 saturated carbocycles. The molecule has 0 unspecified atom stereocenters. The molecule has 0 bridgehead atoms. The monoisotopic (exact) mass is 521 g/mol. The molecule has 1 amide bonds. The fraction of sp³-hybridized carbons (Fsp3) is 0.250. The first-order valence-electron chi connectivity index (χ1n) is 11.7. The number of fused-ring (bicyclic) bond motifs is 1. The third kappa shape index (κ3) is 6.04.